The molecule has 0 aromatic rings. The molecule has 0 aromatic heterocycles. The molecule has 6 atom stereocenters. The van der Waals surface area contributed by atoms with Gasteiger partial charge in [-0.3, -0.25) is 4.79 Å². The van der Waals surface area contributed by atoms with E-state index in [1.165, 1.54) is 24.5 Å². The first-order valence-electron chi connectivity index (χ1n) is 16.6. The average molecular weight is 615 g/mol. The fourth-order valence-corrected chi connectivity index (χ4v) is 9.72. The van der Waals surface area contributed by atoms with Crippen molar-refractivity contribution >= 4 is 22.6 Å². The summed E-state index contributed by atoms with van der Waals surface area (Å²) in [5.74, 6) is 8.06. The van der Waals surface area contributed by atoms with Crippen LogP contribution in [0.4, 0.5) is 0 Å². The maximum absolute atomic E-state index is 11.7. The van der Waals surface area contributed by atoms with Crippen molar-refractivity contribution < 1.29 is 18.4 Å². The number of hydrogen-bond donors (Lipinski definition) is 0. The van der Waals surface area contributed by atoms with E-state index < -0.39 is 16.6 Å². The third-order valence-electron chi connectivity index (χ3n) is 9.55. The van der Waals surface area contributed by atoms with Crippen molar-refractivity contribution in [2.75, 3.05) is 6.61 Å². The van der Waals surface area contributed by atoms with Crippen molar-refractivity contribution in [1.82, 2.24) is 0 Å². The summed E-state index contributed by atoms with van der Waals surface area (Å²) < 4.78 is 19.2. The lowest BCUT2D eigenvalue weighted by Gasteiger charge is -2.40. The molecule has 0 amide bonds. The molecule has 0 spiro atoms. The first-order chi connectivity index (χ1) is 19.6. The first-order valence-corrected chi connectivity index (χ1v) is 22.6. The molecule has 0 bridgehead atoms. The molecule has 0 radical (unpaired) electrons. The summed E-state index contributed by atoms with van der Waals surface area (Å²) in [6, 6.07) is 1.20. The summed E-state index contributed by atoms with van der Waals surface area (Å²) in [6.45, 7) is 25.3. The Hall–Kier alpha value is -1.40. The van der Waals surface area contributed by atoms with Crippen molar-refractivity contribution in [2.45, 2.75) is 143 Å². The molecule has 0 saturated heterocycles. The van der Waals surface area contributed by atoms with Crippen molar-refractivity contribution in [3.8, 4) is 11.8 Å². The van der Waals surface area contributed by atoms with Gasteiger partial charge in [0.1, 0.15) is 0 Å². The van der Waals surface area contributed by atoms with E-state index in [9.17, 15) is 4.79 Å². The van der Waals surface area contributed by atoms with Crippen LogP contribution in [0.15, 0.2) is 36.0 Å². The van der Waals surface area contributed by atoms with Gasteiger partial charge in [-0.05, 0) is 88.1 Å². The third-order valence-corrected chi connectivity index (χ3v) is 16.5. The van der Waals surface area contributed by atoms with Crippen LogP contribution in [-0.4, -0.2) is 41.4 Å². The number of allylic oxidation sites excluding steroid dienone is 4. The number of carbonyl (C=O) groups is 1. The minimum Gasteiger partial charge on any atom is -0.466 e. The molecule has 0 heterocycles. The van der Waals surface area contributed by atoms with E-state index in [0.717, 1.165) is 25.7 Å². The van der Waals surface area contributed by atoms with Crippen LogP contribution < -0.4 is 0 Å². The number of esters is 1. The maximum atomic E-state index is 11.7. The quantitative estimate of drug-likeness (QED) is 0.0751. The molecule has 1 fully saturated rings. The van der Waals surface area contributed by atoms with Gasteiger partial charge >= 0.3 is 5.97 Å². The molecule has 6 heteroatoms. The fraction of sp³-hybridized carbons (Fsp3) is 0.750. The van der Waals surface area contributed by atoms with Crippen LogP contribution in [0.2, 0.25) is 37.3 Å². The Bertz CT molecular complexity index is 1010. The van der Waals surface area contributed by atoms with Gasteiger partial charge in [0, 0.05) is 18.8 Å². The topological polar surface area (TPSA) is 44.8 Å². The Kier molecular flexibility index (Phi) is 14.6. The number of hydrogen-bond acceptors (Lipinski definition) is 4. The molecule has 1 saturated carbocycles. The van der Waals surface area contributed by atoms with Gasteiger partial charge in [0.2, 0.25) is 0 Å². The van der Waals surface area contributed by atoms with Crippen LogP contribution in [0.25, 0.3) is 0 Å². The monoisotopic (exact) mass is 614 g/mol. The van der Waals surface area contributed by atoms with Crippen LogP contribution in [-0.2, 0) is 18.4 Å². The van der Waals surface area contributed by atoms with Gasteiger partial charge in [-0.2, -0.15) is 0 Å². The van der Waals surface area contributed by atoms with E-state index in [0.29, 0.717) is 36.7 Å². The van der Waals surface area contributed by atoms with Crippen molar-refractivity contribution in [3.05, 3.63) is 36.0 Å². The zero-order valence-electron chi connectivity index (χ0n) is 28.8. The van der Waals surface area contributed by atoms with Crippen LogP contribution >= 0.6 is 0 Å². The Labute approximate surface area is 261 Å². The van der Waals surface area contributed by atoms with Crippen molar-refractivity contribution in [1.29, 1.82) is 0 Å². The van der Waals surface area contributed by atoms with E-state index in [1.807, 2.05) is 13.8 Å². The van der Waals surface area contributed by atoms with Gasteiger partial charge in [0.25, 0.3) is 0 Å². The lowest BCUT2D eigenvalue weighted by atomic mass is 9.88. The van der Waals surface area contributed by atoms with E-state index in [2.05, 4.69) is 103 Å². The van der Waals surface area contributed by atoms with E-state index in [4.69, 9.17) is 13.6 Å². The Morgan fingerprint density at radius 2 is 1.90 bits per heavy atom. The zero-order valence-corrected chi connectivity index (χ0v) is 30.8. The highest BCUT2D eigenvalue weighted by Crippen LogP contribution is 2.51. The normalized spacial score (nSPS) is 24.4. The van der Waals surface area contributed by atoms with Gasteiger partial charge in [-0.25, -0.2) is 0 Å². The average Bonchev–Trinajstić information content (AvgIpc) is 3.42. The minimum atomic E-state index is -1.92. The highest BCUT2D eigenvalue weighted by Gasteiger charge is 2.48. The minimum absolute atomic E-state index is 0.0774. The first kappa shape index (κ1) is 36.8. The third kappa shape index (κ3) is 11.3. The molecule has 4 nitrogen and oxygen atoms in total. The highest BCUT2D eigenvalue weighted by molar-refractivity contribution is 6.74. The summed E-state index contributed by atoms with van der Waals surface area (Å²) in [4.78, 5) is 11.7. The maximum Gasteiger partial charge on any atom is 0.306 e. The van der Waals surface area contributed by atoms with Crippen LogP contribution in [0.1, 0.15) is 93.4 Å². The molecular formula is C36H62O4Si2. The van der Waals surface area contributed by atoms with Crippen molar-refractivity contribution in [2.24, 2.45) is 23.7 Å². The SMILES string of the molecule is CC#CCC(C)[C@@H](C=C[C@H]1[C@H]2CC(C=CCCC(=O)OCC)=C[C@H]2C[C@H]1O[Si](C)(C)C(C)(C)C)O[Si](C)(C)CCCC. The van der Waals surface area contributed by atoms with Gasteiger partial charge in [-0.1, -0.05) is 83.4 Å². The molecule has 0 aromatic carbocycles. The standard InChI is InChI=1S/C36H62O4Si2/c1-12-15-19-28(4)33(39-41(8,9)24-16-13-2)23-22-31-32-26-29(20-17-18-21-35(37)38-14-3)25-30(32)27-34(31)40-42(10,11)36(5,6)7/h17,20,22-23,25,28,30-34H,13-14,16,18-19,21,24,26-27H2,1-11H3/t28?,30-,31-,32-,33+,34+/m0/s1. The zero-order chi connectivity index (χ0) is 31.6. The van der Waals surface area contributed by atoms with Gasteiger partial charge in [-0.15, -0.1) is 11.8 Å². The molecule has 1 unspecified atom stereocenters. The molecule has 0 aliphatic heterocycles. The fourth-order valence-electron chi connectivity index (χ4n) is 5.99. The van der Waals surface area contributed by atoms with E-state index in [-0.39, 0.29) is 23.2 Å². The second-order valence-corrected chi connectivity index (χ2v) is 23.7. The summed E-state index contributed by atoms with van der Waals surface area (Å²) >= 11 is 0. The number of fused-ring (bicyclic) bond motifs is 1. The van der Waals surface area contributed by atoms with E-state index >= 15 is 0 Å². The predicted molar refractivity (Wildman–Crippen MR) is 183 cm³/mol. The molecule has 2 rings (SSSR count). The Morgan fingerprint density at radius 3 is 2.52 bits per heavy atom. The van der Waals surface area contributed by atoms with Gasteiger partial charge < -0.3 is 13.6 Å². The van der Waals surface area contributed by atoms with E-state index in [1.54, 1.807) is 0 Å². The summed E-state index contributed by atoms with van der Waals surface area (Å²) in [6.07, 6.45) is 18.6. The molecule has 42 heavy (non-hydrogen) atoms. The Balaban J connectivity index is 2.29. The molecule has 2 aliphatic rings. The van der Waals surface area contributed by atoms with Gasteiger partial charge in [0.15, 0.2) is 16.6 Å². The lowest BCUT2D eigenvalue weighted by Crippen LogP contribution is -2.45. The number of ether oxygens (including phenoxy) is 1. The molecule has 0 N–H and O–H groups in total. The second kappa shape index (κ2) is 16.6. The largest absolute Gasteiger partial charge is 0.466 e. The highest BCUT2D eigenvalue weighted by atomic mass is 28.4. The number of rotatable bonds is 16. The molecule has 2 aliphatic carbocycles. The van der Waals surface area contributed by atoms with Crippen LogP contribution in [0.5, 0.6) is 0 Å². The van der Waals surface area contributed by atoms with Crippen molar-refractivity contribution in [3.63, 3.8) is 0 Å². The predicted octanol–water partition coefficient (Wildman–Crippen LogP) is 9.85. The Morgan fingerprint density at radius 1 is 1.19 bits per heavy atom. The molecular weight excluding hydrogens is 553 g/mol. The smallest absolute Gasteiger partial charge is 0.306 e. The summed E-state index contributed by atoms with van der Waals surface area (Å²) in [7, 11) is -3.72. The lowest BCUT2D eigenvalue weighted by molar-refractivity contribution is -0.143. The second-order valence-electron chi connectivity index (χ2n) is 14.7. The summed E-state index contributed by atoms with van der Waals surface area (Å²) in [5, 5.41) is 0.176. The number of carbonyl (C=O) groups excluding carboxylic acids is 1. The van der Waals surface area contributed by atoms with Crippen LogP contribution in [0, 0.1) is 35.5 Å². The summed E-state index contributed by atoms with van der Waals surface area (Å²) in [5.41, 5.74) is 1.39. The van der Waals surface area contributed by atoms with Crippen LogP contribution in [0.3, 0.4) is 0 Å². The molecule has 238 valence electrons. The number of unbranched alkanes of at least 4 members (excludes halogenated alkanes) is 1. The van der Waals surface area contributed by atoms with Gasteiger partial charge in [0.05, 0.1) is 18.8 Å².